The summed E-state index contributed by atoms with van der Waals surface area (Å²) in [6.07, 6.45) is 0.388. The van der Waals surface area contributed by atoms with E-state index in [1.807, 2.05) is 0 Å². The van der Waals surface area contributed by atoms with Crippen LogP contribution in [0.4, 0.5) is 10.5 Å². The zero-order valence-electron chi connectivity index (χ0n) is 13.4. The second-order valence-corrected chi connectivity index (χ2v) is 8.06. The molecule has 1 aromatic carbocycles. The highest BCUT2D eigenvalue weighted by atomic mass is 32.2. The lowest BCUT2D eigenvalue weighted by Gasteiger charge is -2.19. The molecule has 0 bridgehead atoms. The van der Waals surface area contributed by atoms with Crippen LogP contribution in [0.15, 0.2) is 18.2 Å². The minimum atomic E-state index is -3.06. The maximum atomic E-state index is 11.9. The molecule has 1 unspecified atom stereocenters. The molecule has 2 aliphatic rings. The van der Waals surface area contributed by atoms with Crippen molar-refractivity contribution in [2.24, 2.45) is 0 Å². The standard InChI is InChI=1S/C15H19N3O6S/c19-14(8-16-15(20)18-11-3-6-25(21,22)9-11)17-10-1-2-12-13(7-10)24-5-4-23-12/h1-2,7,11H,3-6,8-9H2,(H,17,19)(H2,16,18,20). The summed E-state index contributed by atoms with van der Waals surface area (Å²) in [7, 11) is -3.06. The average Bonchev–Trinajstić information content (AvgIpc) is 2.91. The van der Waals surface area contributed by atoms with Crippen LogP contribution >= 0.6 is 0 Å². The topological polar surface area (TPSA) is 123 Å². The summed E-state index contributed by atoms with van der Waals surface area (Å²) in [6, 6.07) is 4.04. The van der Waals surface area contributed by atoms with Gasteiger partial charge in [-0.2, -0.15) is 0 Å². The van der Waals surface area contributed by atoms with E-state index in [-0.39, 0.29) is 18.1 Å². The van der Waals surface area contributed by atoms with Gasteiger partial charge in [-0.3, -0.25) is 4.79 Å². The average molecular weight is 369 g/mol. The van der Waals surface area contributed by atoms with Crippen molar-refractivity contribution < 1.29 is 27.5 Å². The van der Waals surface area contributed by atoms with Gasteiger partial charge in [-0.05, 0) is 18.6 Å². The fraction of sp³-hybridized carbons (Fsp3) is 0.467. The van der Waals surface area contributed by atoms with Gasteiger partial charge in [-0.25, -0.2) is 13.2 Å². The van der Waals surface area contributed by atoms with E-state index in [1.54, 1.807) is 18.2 Å². The molecule has 1 atom stereocenters. The van der Waals surface area contributed by atoms with Crippen LogP contribution in [0.5, 0.6) is 11.5 Å². The van der Waals surface area contributed by atoms with E-state index in [0.29, 0.717) is 36.8 Å². The van der Waals surface area contributed by atoms with Crippen molar-refractivity contribution in [3.63, 3.8) is 0 Å². The van der Waals surface area contributed by atoms with Crippen LogP contribution in [0.2, 0.25) is 0 Å². The molecule has 0 aliphatic carbocycles. The van der Waals surface area contributed by atoms with Crippen LogP contribution < -0.4 is 25.4 Å². The van der Waals surface area contributed by atoms with Crippen molar-refractivity contribution >= 4 is 27.5 Å². The predicted molar refractivity (Wildman–Crippen MR) is 89.7 cm³/mol. The lowest BCUT2D eigenvalue weighted by atomic mass is 10.2. The summed E-state index contributed by atoms with van der Waals surface area (Å²) >= 11 is 0. The molecule has 1 saturated heterocycles. The lowest BCUT2D eigenvalue weighted by Crippen LogP contribution is -2.45. The monoisotopic (exact) mass is 369 g/mol. The summed E-state index contributed by atoms with van der Waals surface area (Å²) in [5.41, 5.74) is 0.526. The van der Waals surface area contributed by atoms with Crippen LogP contribution in [0.3, 0.4) is 0 Å². The second-order valence-electron chi connectivity index (χ2n) is 5.83. The molecule has 9 nitrogen and oxygen atoms in total. The third kappa shape index (κ3) is 4.75. The fourth-order valence-electron chi connectivity index (χ4n) is 2.63. The number of sulfone groups is 1. The molecule has 3 N–H and O–H groups in total. The van der Waals surface area contributed by atoms with E-state index in [4.69, 9.17) is 9.47 Å². The van der Waals surface area contributed by atoms with Crippen molar-refractivity contribution in [1.29, 1.82) is 0 Å². The molecule has 10 heteroatoms. The molecule has 1 fully saturated rings. The van der Waals surface area contributed by atoms with Gasteiger partial charge in [-0.15, -0.1) is 0 Å². The number of amides is 3. The zero-order valence-corrected chi connectivity index (χ0v) is 14.2. The van der Waals surface area contributed by atoms with Crippen LogP contribution in [-0.4, -0.2) is 57.7 Å². The number of anilines is 1. The number of urea groups is 1. The zero-order chi connectivity index (χ0) is 17.9. The molecule has 0 saturated carbocycles. The molecule has 25 heavy (non-hydrogen) atoms. The number of nitrogens with one attached hydrogen (secondary N) is 3. The number of fused-ring (bicyclic) bond motifs is 1. The van der Waals surface area contributed by atoms with E-state index in [9.17, 15) is 18.0 Å². The first-order chi connectivity index (χ1) is 11.9. The molecule has 2 heterocycles. The van der Waals surface area contributed by atoms with Gasteiger partial charge in [0, 0.05) is 17.8 Å². The van der Waals surface area contributed by atoms with E-state index >= 15 is 0 Å². The van der Waals surface area contributed by atoms with Crippen molar-refractivity contribution in [1.82, 2.24) is 10.6 Å². The van der Waals surface area contributed by atoms with Gasteiger partial charge in [0.25, 0.3) is 0 Å². The minimum absolute atomic E-state index is 0.0657. The molecule has 2 aliphatic heterocycles. The summed E-state index contributed by atoms with van der Waals surface area (Å²) in [5, 5.41) is 7.60. The van der Waals surface area contributed by atoms with Crippen LogP contribution in [0, 0.1) is 0 Å². The number of hydrogen-bond acceptors (Lipinski definition) is 6. The van der Waals surface area contributed by atoms with Crippen LogP contribution in [0.25, 0.3) is 0 Å². The van der Waals surface area contributed by atoms with Crippen molar-refractivity contribution in [2.45, 2.75) is 12.5 Å². The van der Waals surface area contributed by atoms with Crippen molar-refractivity contribution in [3.8, 4) is 11.5 Å². The van der Waals surface area contributed by atoms with Gasteiger partial charge in [0.2, 0.25) is 5.91 Å². The predicted octanol–water partition coefficient (Wildman–Crippen LogP) is -0.117. The maximum Gasteiger partial charge on any atom is 0.315 e. The van der Waals surface area contributed by atoms with Gasteiger partial charge in [0.1, 0.15) is 13.2 Å². The summed E-state index contributed by atoms with van der Waals surface area (Å²) in [6.45, 7) is 0.697. The Balaban J connectivity index is 1.44. The van der Waals surface area contributed by atoms with Crippen molar-refractivity contribution in [3.05, 3.63) is 18.2 Å². The SMILES string of the molecule is O=C(CNC(=O)NC1CCS(=O)(=O)C1)Nc1ccc2c(c1)OCCO2. The van der Waals surface area contributed by atoms with Gasteiger partial charge >= 0.3 is 6.03 Å². The molecule has 0 radical (unpaired) electrons. The quantitative estimate of drug-likeness (QED) is 0.680. The molecule has 0 spiro atoms. The Hall–Kier alpha value is -2.49. The van der Waals surface area contributed by atoms with Crippen LogP contribution in [-0.2, 0) is 14.6 Å². The lowest BCUT2D eigenvalue weighted by molar-refractivity contribution is -0.115. The highest BCUT2D eigenvalue weighted by molar-refractivity contribution is 7.91. The van der Waals surface area contributed by atoms with Gasteiger partial charge in [-0.1, -0.05) is 0 Å². The number of ether oxygens (including phenoxy) is 2. The smallest absolute Gasteiger partial charge is 0.315 e. The van der Waals surface area contributed by atoms with Crippen molar-refractivity contribution in [2.75, 3.05) is 36.6 Å². The number of carbonyl (C=O) groups is 2. The minimum Gasteiger partial charge on any atom is -0.486 e. The Labute approximate surface area is 145 Å². The molecular formula is C15H19N3O6S. The summed E-state index contributed by atoms with van der Waals surface area (Å²) in [4.78, 5) is 23.6. The number of benzene rings is 1. The number of rotatable bonds is 4. The molecular weight excluding hydrogens is 350 g/mol. The Kier molecular flexibility index (Phi) is 4.98. The van der Waals surface area contributed by atoms with Gasteiger partial charge in [0.15, 0.2) is 21.3 Å². The van der Waals surface area contributed by atoms with Gasteiger partial charge < -0.3 is 25.4 Å². The summed E-state index contributed by atoms with van der Waals surface area (Å²) < 4.78 is 33.5. The first kappa shape index (κ1) is 17.3. The first-order valence-electron chi connectivity index (χ1n) is 7.85. The highest BCUT2D eigenvalue weighted by Crippen LogP contribution is 2.32. The maximum absolute atomic E-state index is 11.9. The first-order valence-corrected chi connectivity index (χ1v) is 9.68. The van der Waals surface area contributed by atoms with Crippen LogP contribution in [0.1, 0.15) is 6.42 Å². The Bertz CT molecular complexity index is 779. The molecule has 1 aromatic rings. The number of hydrogen-bond donors (Lipinski definition) is 3. The Morgan fingerprint density at radius 2 is 1.92 bits per heavy atom. The van der Waals surface area contributed by atoms with Gasteiger partial charge in [0.05, 0.1) is 18.1 Å². The van der Waals surface area contributed by atoms with E-state index in [0.717, 1.165) is 0 Å². The normalized spacial score (nSPS) is 20.6. The molecule has 0 aromatic heterocycles. The van der Waals surface area contributed by atoms with E-state index in [1.165, 1.54) is 0 Å². The molecule has 3 amide bonds. The Morgan fingerprint density at radius 1 is 1.16 bits per heavy atom. The highest BCUT2D eigenvalue weighted by Gasteiger charge is 2.28. The summed E-state index contributed by atoms with van der Waals surface area (Å²) in [5.74, 6) is 0.767. The second kappa shape index (κ2) is 7.18. The van der Waals surface area contributed by atoms with E-state index < -0.39 is 27.8 Å². The molecule has 136 valence electrons. The molecule has 3 rings (SSSR count). The Morgan fingerprint density at radius 3 is 2.64 bits per heavy atom. The third-order valence-corrected chi connectivity index (χ3v) is 5.57. The largest absolute Gasteiger partial charge is 0.486 e. The number of carbonyl (C=O) groups excluding carboxylic acids is 2. The third-order valence-electron chi connectivity index (χ3n) is 3.80. The fourth-order valence-corrected chi connectivity index (χ4v) is 4.31. The van der Waals surface area contributed by atoms with E-state index in [2.05, 4.69) is 16.0 Å².